The van der Waals surface area contributed by atoms with Gasteiger partial charge in [-0.05, 0) is 91.7 Å². The molecule has 0 radical (unpaired) electrons. The molecule has 3 aromatic carbocycles. The lowest BCUT2D eigenvalue weighted by Crippen LogP contribution is -2.49. The zero-order chi connectivity index (χ0) is 30.7. The van der Waals surface area contributed by atoms with Crippen LogP contribution in [-0.2, 0) is 6.18 Å². The molecule has 0 atom stereocenters. The summed E-state index contributed by atoms with van der Waals surface area (Å²) in [5, 5.41) is 11.7. The van der Waals surface area contributed by atoms with E-state index < -0.39 is 23.6 Å². The summed E-state index contributed by atoms with van der Waals surface area (Å²) < 4.78 is 44.2. The molecule has 220 valence electrons. The minimum atomic E-state index is -4.49. The van der Waals surface area contributed by atoms with Crippen LogP contribution in [-0.4, -0.2) is 41.1 Å². The molecule has 1 aromatic heterocycles. The maximum atomic E-state index is 13.3. The molecule has 4 aromatic rings. The van der Waals surface area contributed by atoms with Crippen LogP contribution in [0.1, 0.15) is 38.3 Å². The molecule has 3 amide bonds. The second-order valence-corrected chi connectivity index (χ2v) is 9.76. The lowest BCUT2D eigenvalue weighted by atomic mass is 10.1. The molecule has 1 saturated heterocycles. The summed E-state index contributed by atoms with van der Waals surface area (Å²) in [6.45, 7) is 2.85. The lowest BCUT2D eigenvalue weighted by molar-refractivity contribution is -0.137. The van der Waals surface area contributed by atoms with Gasteiger partial charge in [-0.25, -0.2) is 14.6 Å². The van der Waals surface area contributed by atoms with Crippen LogP contribution in [0.15, 0.2) is 85.1 Å². The van der Waals surface area contributed by atoms with Gasteiger partial charge in [0.15, 0.2) is 0 Å². The van der Waals surface area contributed by atoms with Gasteiger partial charge in [0.2, 0.25) is 5.88 Å². The number of carboxylic acid groups (broad SMARTS) is 1. The van der Waals surface area contributed by atoms with Crippen molar-refractivity contribution < 1.29 is 37.4 Å². The van der Waals surface area contributed by atoms with Crippen molar-refractivity contribution in [2.24, 2.45) is 0 Å². The number of hydrogen-bond acceptors (Lipinski definition) is 5. The Morgan fingerprint density at radius 2 is 1.51 bits per heavy atom. The van der Waals surface area contributed by atoms with Crippen molar-refractivity contribution in [2.45, 2.75) is 19.5 Å². The Kier molecular flexibility index (Phi) is 8.02. The highest BCUT2D eigenvalue weighted by molar-refractivity contribution is 6.05. The minimum Gasteiger partial charge on any atom is -0.478 e. The van der Waals surface area contributed by atoms with E-state index in [-0.39, 0.29) is 23.0 Å². The Hall–Kier alpha value is -5.39. The van der Waals surface area contributed by atoms with Crippen molar-refractivity contribution in [3.05, 3.63) is 107 Å². The first-order valence-corrected chi connectivity index (χ1v) is 13.1. The predicted molar refractivity (Wildman–Crippen MR) is 153 cm³/mol. The van der Waals surface area contributed by atoms with E-state index in [9.17, 15) is 27.6 Å². The predicted octanol–water partition coefficient (Wildman–Crippen LogP) is 6.99. The topological polar surface area (TPSA) is 112 Å². The first-order valence-electron chi connectivity index (χ1n) is 13.1. The number of anilines is 3. The highest BCUT2D eigenvalue weighted by Gasteiger charge is 2.30. The number of halogens is 3. The quantitative estimate of drug-likeness (QED) is 0.240. The molecular weight excluding hydrogens is 565 g/mol. The number of ether oxygens (including phenoxy) is 1. The van der Waals surface area contributed by atoms with E-state index in [2.05, 4.69) is 10.3 Å². The van der Waals surface area contributed by atoms with Crippen LogP contribution in [0.2, 0.25) is 0 Å². The van der Waals surface area contributed by atoms with Crippen molar-refractivity contribution in [3.8, 4) is 11.6 Å². The molecule has 5 rings (SSSR count). The smallest absolute Gasteiger partial charge is 0.416 e. The van der Waals surface area contributed by atoms with Crippen molar-refractivity contribution in [2.75, 3.05) is 28.2 Å². The van der Waals surface area contributed by atoms with E-state index in [0.29, 0.717) is 35.9 Å². The zero-order valence-electron chi connectivity index (χ0n) is 22.8. The molecule has 1 fully saturated rings. The molecule has 0 saturated carbocycles. The van der Waals surface area contributed by atoms with E-state index in [4.69, 9.17) is 9.84 Å². The molecule has 12 heteroatoms. The second kappa shape index (κ2) is 11.8. The Labute approximate surface area is 244 Å². The largest absolute Gasteiger partial charge is 0.478 e. The van der Waals surface area contributed by atoms with Gasteiger partial charge in [-0.3, -0.25) is 14.6 Å². The minimum absolute atomic E-state index is 0.0652. The average Bonchev–Trinajstić information content (AvgIpc) is 2.99. The number of benzene rings is 3. The first-order chi connectivity index (χ1) is 20.5. The number of aromatic nitrogens is 1. The molecule has 0 spiro atoms. The van der Waals surface area contributed by atoms with Gasteiger partial charge in [-0.15, -0.1) is 0 Å². The standard InChI is InChI=1S/C31H25F3N4O5/c1-19-17-25(38-16-2-15-37(30(38)42)24-10-5-21(6-11-24)29(40)41)12-13-26(19)43-27-14-9-23(18-35-27)36-28(39)20-3-7-22(8-4-20)31(32,33)34/h3-14,17-18H,2,15-16H2,1H3,(H,36,39)(H,40,41). The number of rotatable bonds is 7. The summed E-state index contributed by atoms with van der Waals surface area (Å²) in [6, 6.07) is 18.2. The Morgan fingerprint density at radius 1 is 0.884 bits per heavy atom. The summed E-state index contributed by atoms with van der Waals surface area (Å²) in [7, 11) is 0. The fraction of sp³-hybridized carbons (Fsp3) is 0.161. The molecule has 43 heavy (non-hydrogen) atoms. The lowest BCUT2D eigenvalue weighted by Gasteiger charge is -2.36. The number of aromatic carboxylic acids is 1. The van der Waals surface area contributed by atoms with E-state index in [0.717, 1.165) is 36.2 Å². The van der Waals surface area contributed by atoms with Crippen LogP contribution in [0.3, 0.4) is 0 Å². The fourth-order valence-electron chi connectivity index (χ4n) is 4.54. The van der Waals surface area contributed by atoms with Gasteiger partial charge in [0, 0.05) is 36.1 Å². The third-order valence-electron chi connectivity index (χ3n) is 6.80. The summed E-state index contributed by atoms with van der Waals surface area (Å²) in [4.78, 5) is 44.3. The number of amides is 3. The molecule has 0 aliphatic carbocycles. The third kappa shape index (κ3) is 6.58. The number of nitrogens with zero attached hydrogens (tertiary/aromatic N) is 3. The number of alkyl halides is 3. The molecule has 2 N–H and O–H groups in total. The first kappa shape index (κ1) is 29.1. The number of nitrogens with one attached hydrogen (secondary N) is 1. The summed E-state index contributed by atoms with van der Waals surface area (Å²) in [5.41, 5.74) is 1.73. The van der Waals surface area contributed by atoms with E-state index >= 15 is 0 Å². The molecule has 0 unspecified atom stereocenters. The Balaban J connectivity index is 1.22. The average molecular weight is 591 g/mol. The Bertz CT molecular complexity index is 1660. The SMILES string of the molecule is Cc1cc(N2CCCN(c3ccc(C(=O)O)cc3)C2=O)ccc1Oc1ccc(NC(=O)c2ccc(C(F)(F)F)cc2)cn1. The molecule has 1 aliphatic rings. The van der Waals surface area contributed by atoms with Gasteiger partial charge >= 0.3 is 18.2 Å². The van der Waals surface area contributed by atoms with E-state index in [1.807, 2.05) is 13.0 Å². The van der Waals surface area contributed by atoms with Gasteiger partial charge in [0.05, 0.1) is 23.0 Å². The number of pyridine rings is 1. The van der Waals surface area contributed by atoms with E-state index in [1.165, 1.54) is 24.4 Å². The van der Waals surface area contributed by atoms with Crippen LogP contribution in [0.5, 0.6) is 11.6 Å². The summed E-state index contributed by atoms with van der Waals surface area (Å²) in [5.74, 6) is -0.874. The highest BCUT2D eigenvalue weighted by Crippen LogP contribution is 2.32. The van der Waals surface area contributed by atoms with Crippen molar-refractivity contribution in [3.63, 3.8) is 0 Å². The van der Waals surface area contributed by atoms with Gasteiger partial charge in [0.25, 0.3) is 5.91 Å². The number of hydrogen-bond donors (Lipinski definition) is 2. The number of carbonyl (C=O) groups excluding carboxylic acids is 2. The molecular formula is C31H25F3N4O5. The van der Waals surface area contributed by atoms with Gasteiger partial charge < -0.3 is 15.2 Å². The Morgan fingerprint density at radius 3 is 2.09 bits per heavy atom. The maximum Gasteiger partial charge on any atom is 0.416 e. The number of aryl methyl sites for hydroxylation is 1. The summed E-state index contributed by atoms with van der Waals surface area (Å²) >= 11 is 0. The molecule has 0 bridgehead atoms. The third-order valence-corrected chi connectivity index (χ3v) is 6.80. The molecule has 9 nitrogen and oxygen atoms in total. The van der Waals surface area contributed by atoms with Crippen molar-refractivity contribution in [1.82, 2.24) is 4.98 Å². The normalized spacial score (nSPS) is 13.5. The molecule has 1 aliphatic heterocycles. The monoisotopic (exact) mass is 590 g/mol. The number of carboxylic acids is 1. The number of carbonyl (C=O) groups is 3. The highest BCUT2D eigenvalue weighted by atomic mass is 19.4. The van der Waals surface area contributed by atoms with Crippen LogP contribution >= 0.6 is 0 Å². The van der Waals surface area contributed by atoms with Gasteiger partial charge in [-0.1, -0.05) is 0 Å². The van der Waals surface area contributed by atoms with Crippen molar-refractivity contribution in [1.29, 1.82) is 0 Å². The van der Waals surface area contributed by atoms with Crippen LogP contribution < -0.4 is 19.9 Å². The van der Waals surface area contributed by atoms with Crippen LogP contribution in [0.25, 0.3) is 0 Å². The summed E-state index contributed by atoms with van der Waals surface area (Å²) in [6.07, 6.45) is -2.40. The number of urea groups is 1. The van der Waals surface area contributed by atoms with E-state index in [1.54, 1.807) is 40.1 Å². The second-order valence-electron chi connectivity index (χ2n) is 9.76. The zero-order valence-corrected chi connectivity index (χ0v) is 22.8. The maximum absolute atomic E-state index is 13.3. The van der Waals surface area contributed by atoms with Crippen LogP contribution in [0, 0.1) is 6.92 Å². The van der Waals surface area contributed by atoms with Crippen molar-refractivity contribution >= 4 is 35.0 Å². The van der Waals surface area contributed by atoms with Crippen LogP contribution in [0.4, 0.5) is 35.0 Å². The van der Waals surface area contributed by atoms with Gasteiger partial charge in [0.1, 0.15) is 5.75 Å². The van der Waals surface area contributed by atoms with Gasteiger partial charge in [-0.2, -0.15) is 13.2 Å². The fourth-order valence-corrected chi connectivity index (χ4v) is 4.54. The molecule has 2 heterocycles.